The molecule has 3 rings (SSSR count). The van der Waals surface area contributed by atoms with Gasteiger partial charge in [-0.1, -0.05) is 25.5 Å². The second-order valence-electron chi connectivity index (χ2n) is 6.12. The summed E-state index contributed by atoms with van der Waals surface area (Å²) in [5.41, 5.74) is 2.12. The molecule has 1 aliphatic heterocycles. The van der Waals surface area contributed by atoms with Gasteiger partial charge in [-0.3, -0.25) is 4.79 Å². The molecule has 1 aromatic carbocycles. The Morgan fingerprint density at radius 3 is 2.85 bits per heavy atom. The molecule has 0 radical (unpaired) electrons. The van der Waals surface area contributed by atoms with E-state index < -0.39 is 0 Å². The van der Waals surface area contributed by atoms with E-state index in [0.29, 0.717) is 24.9 Å². The summed E-state index contributed by atoms with van der Waals surface area (Å²) in [5.74, 6) is 0.235. The summed E-state index contributed by atoms with van der Waals surface area (Å²) < 4.78 is 5.41. The first-order valence-corrected chi connectivity index (χ1v) is 9.08. The lowest BCUT2D eigenvalue weighted by Crippen LogP contribution is -2.36. The van der Waals surface area contributed by atoms with Gasteiger partial charge in [0.1, 0.15) is 5.69 Å². The number of carbonyl (C=O) groups excluding carboxylic acids is 1. The predicted octanol–water partition coefficient (Wildman–Crippen LogP) is 2.78. The molecule has 138 valence electrons. The van der Waals surface area contributed by atoms with Crippen molar-refractivity contribution in [1.29, 1.82) is 0 Å². The highest BCUT2D eigenvalue weighted by Crippen LogP contribution is 2.26. The van der Waals surface area contributed by atoms with E-state index in [0.717, 1.165) is 43.9 Å². The number of morpholine rings is 1. The van der Waals surface area contributed by atoms with Crippen molar-refractivity contribution in [3.05, 3.63) is 42.2 Å². The van der Waals surface area contributed by atoms with Crippen LogP contribution in [0.1, 0.15) is 30.3 Å². The van der Waals surface area contributed by atoms with E-state index in [1.165, 1.54) is 0 Å². The van der Waals surface area contributed by atoms with Gasteiger partial charge < -0.3 is 20.3 Å². The molecule has 2 aromatic rings. The molecule has 1 amide bonds. The molecule has 1 fully saturated rings. The minimum atomic E-state index is -0.244. The first-order valence-electron chi connectivity index (χ1n) is 9.08. The van der Waals surface area contributed by atoms with Crippen LogP contribution < -0.4 is 15.5 Å². The highest BCUT2D eigenvalue weighted by molar-refractivity contribution is 6.04. The molecule has 1 saturated heterocycles. The number of rotatable bonds is 7. The van der Waals surface area contributed by atoms with E-state index in [9.17, 15) is 4.79 Å². The fourth-order valence-electron chi connectivity index (χ4n) is 2.79. The maximum atomic E-state index is 12.7. The van der Waals surface area contributed by atoms with Crippen molar-refractivity contribution >= 4 is 23.2 Å². The van der Waals surface area contributed by atoms with E-state index >= 15 is 0 Å². The molecule has 7 nitrogen and oxygen atoms in total. The van der Waals surface area contributed by atoms with E-state index in [1.54, 1.807) is 12.3 Å². The van der Waals surface area contributed by atoms with Gasteiger partial charge in [-0.25, -0.2) is 9.97 Å². The van der Waals surface area contributed by atoms with E-state index in [-0.39, 0.29) is 5.91 Å². The number of carbonyl (C=O) groups is 1. The number of ether oxygens (including phenoxy) is 1. The summed E-state index contributed by atoms with van der Waals surface area (Å²) in [5, 5.41) is 6.12. The lowest BCUT2D eigenvalue weighted by atomic mass is 10.2. The van der Waals surface area contributed by atoms with Crippen molar-refractivity contribution in [1.82, 2.24) is 9.97 Å². The first-order chi connectivity index (χ1) is 12.8. The number of hydrogen-bond acceptors (Lipinski definition) is 6. The number of hydrogen-bond donors (Lipinski definition) is 2. The van der Waals surface area contributed by atoms with Crippen LogP contribution in [0.2, 0.25) is 0 Å². The van der Waals surface area contributed by atoms with Crippen LogP contribution in [0, 0.1) is 0 Å². The van der Waals surface area contributed by atoms with Crippen LogP contribution in [-0.2, 0) is 4.74 Å². The Labute approximate surface area is 153 Å². The van der Waals surface area contributed by atoms with Crippen LogP contribution in [0.5, 0.6) is 0 Å². The molecule has 0 unspecified atom stereocenters. The number of aromatic nitrogens is 2. The fraction of sp³-hybridized carbons (Fsp3) is 0.421. The zero-order chi connectivity index (χ0) is 18.2. The normalized spacial score (nSPS) is 14.1. The standard InChI is InChI=1S/C19H25N5O2/c1-2-3-9-20-19-21-10-8-16(23-19)18(25)22-15-6-4-5-7-17(15)24-11-13-26-14-12-24/h4-8,10H,2-3,9,11-14H2,1H3,(H,22,25)(H,20,21,23). The van der Waals surface area contributed by atoms with E-state index in [4.69, 9.17) is 4.74 Å². The van der Waals surface area contributed by atoms with E-state index in [2.05, 4.69) is 32.4 Å². The summed E-state index contributed by atoms with van der Waals surface area (Å²) in [6.45, 7) is 5.93. The summed E-state index contributed by atoms with van der Waals surface area (Å²) in [6, 6.07) is 9.43. The second kappa shape index (κ2) is 9.15. The van der Waals surface area contributed by atoms with E-state index in [1.807, 2.05) is 24.3 Å². The van der Waals surface area contributed by atoms with Gasteiger partial charge in [-0.15, -0.1) is 0 Å². The molecule has 1 aliphatic rings. The Morgan fingerprint density at radius 1 is 1.23 bits per heavy atom. The fourth-order valence-corrected chi connectivity index (χ4v) is 2.79. The third-order valence-electron chi connectivity index (χ3n) is 4.21. The Kier molecular flexibility index (Phi) is 6.38. The summed E-state index contributed by atoms with van der Waals surface area (Å²) in [6.07, 6.45) is 3.72. The lowest BCUT2D eigenvalue weighted by Gasteiger charge is -2.30. The Hall–Kier alpha value is -2.67. The molecule has 1 aromatic heterocycles. The molecule has 0 saturated carbocycles. The predicted molar refractivity (Wildman–Crippen MR) is 103 cm³/mol. The van der Waals surface area contributed by atoms with Crippen LogP contribution in [0.25, 0.3) is 0 Å². The maximum absolute atomic E-state index is 12.7. The minimum absolute atomic E-state index is 0.244. The highest BCUT2D eigenvalue weighted by Gasteiger charge is 2.17. The molecule has 26 heavy (non-hydrogen) atoms. The number of para-hydroxylation sites is 2. The summed E-state index contributed by atoms with van der Waals surface area (Å²) in [7, 11) is 0. The van der Waals surface area contributed by atoms with Crippen molar-refractivity contribution in [2.45, 2.75) is 19.8 Å². The number of anilines is 3. The van der Waals surface area contributed by atoms with Gasteiger partial charge in [0.25, 0.3) is 5.91 Å². The minimum Gasteiger partial charge on any atom is -0.378 e. The summed E-state index contributed by atoms with van der Waals surface area (Å²) >= 11 is 0. The van der Waals surface area contributed by atoms with Crippen molar-refractivity contribution in [2.75, 3.05) is 48.4 Å². The number of benzene rings is 1. The number of unbranched alkanes of at least 4 members (excludes halogenated alkanes) is 1. The molecule has 0 bridgehead atoms. The first kappa shape index (κ1) is 18.1. The van der Waals surface area contributed by atoms with Crippen molar-refractivity contribution in [3.63, 3.8) is 0 Å². The molecule has 0 aliphatic carbocycles. The molecule has 2 N–H and O–H groups in total. The van der Waals surface area contributed by atoms with Gasteiger partial charge >= 0.3 is 0 Å². The van der Waals surface area contributed by atoms with Crippen LogP contribution in [0.15, 0.2) is 36.5 Å². The molecule has 0 atom stereocenters. The quantitative estimate of drug-likeness (QED) is 0.744. The van der Waals surface area contributed by atoms with Crippen LogP contribution >= 0.6 is 0 Å². The van der Waals surface area contributed by atoms with Crippen LogP contribution in [-0.4, -0.2) is 48.7 Å². The van der Waals surface area contributed by atoms with Gasteiger partial charge in [0.05, 0.1) is 24.6 Å². The van der Waals surface area contributed by atoms with Crippen LogP contribution in [0.4, 0.5) is 17.3 Å². The van der Waals surface area contributed by atoms with Crippen molar-refractivity contribution in [2.24, 2.45) is 0 Å². The average Bonchev–Trinajstić information content (AvgIpc) is 2.69. The highest BCUT2D eigenvalue weighted by atomic mass is 16.5. The van der Waals surface area contributed by atoms with Crippen molar-refractivity contribution in [3.8, 4) is 0 Å². The van der Waals surface area contributed by atoms with Crippen LogP contribution in [0.3, 0.4) is 0 Å². The zero-order valence-electron chi connectivity index (χ0n) is 15.1. The van der Waals surface area contributed by atoms with Gasteiger partial charge in [-0.05, 0) is 24.6 Å². The lowest BCUT2D eigenvalue weighted by molar-refractivity contribution is 0.102. The molecular weight excluding hydrogens is 330 g/mol. The molecule has 0 spiro atoms. The topological polar surface area (TPSA) is 79.4 Å². The second-order valence-corrected chi connectivity index (χ2v) is 6.12. The smallest absolute Gasteiger partial charge is 0.274 e. The zero-order valence-corrected chi connectivity index (χ0v) is 15.1. The summed E-state index contributed by atoms with van der Waals surface area (Å²) in [4.78, 5) is 23.4. The largest absolute Gasteiger partial charge is 0.378 e. The third-order valence-corrected chi connectivity index (χ3v) is 4.21. The SMILES string of the molecule is CCCCNc1nccc(C(=O)Nc2ccccc2N2CCOCC2)n1. The molecular formula is C19H25N5O2. The molecule has 7 heteroatoms. The average molecular weight is 355 g/mol. The van der Waals surface area contributed by atoms with Gasteiger partial charge in [0, 0.05) is 25.8 Å². The van der Waals surface area contributed by atoms with Gasteiger partial charge in [0.15, 0.2) is 0 Å². The Bertz CT molecular complexity index is 731. The number of amides is 1. The number of nitrogens with zero attached hydrogens (tertiary/aromatic N) is 3. The maximum Gasteiger partial charge on any atom is 0.274 e. The third kappa shape index (κ3) is 4.70. The van der Waals surface area contributed by atoms with Crippen molar-refractivity contribution < 1.29 is 9.53 Å². The van der Waals surface area contributed by atoms with Gasteiger partial charge in [-0.2, -0.15) is 0 Å². The monoisotopic (exact) mass is 355 g/mol. The Balaban J connectivity index is 1.71. The Morgan fingerprint density at radius 2 is 2.04 bits per heavy atom. The number of nitrogens with one attached hydrogen (secondary N) is 2. The van der Waals surface area contributed by atoms with Gasteiger partial charge in [0.2, 0.25) is 5.95 Å². The molecule has 2 heterocycles.